The second-order valence-electron chi connectivity index (χ2n) is 8.90. The zero-order valence-electron chi connectivity index (χ0n) is 17.6. The molecule has 0 aliphatic heterocycles. The molecule has 0 radical (unpaired) electrons. The van der Waals surface area contributed by atoms with E-state index in [0.29, 0.717) is 12.8 Å². The summed E-state index contributed by atoms with van der Waals surface area (Å²) in [6, 6.07) is 4.19. The maximum atomic E-state index is 14.8. The fraction of sp³-hybridized carbons (Fsp3) is 0.632. The van der Waals surface area contributed by atoms with E-state index in [9.17, 15) is 37.1 Å². The van der Waals surface area contributed by atoms with Crippen LogP contribution in [0.3, 0.4) is 0 Å². The van der Waals surface area contributed by atoms with Gasteiger partial charge in [-0.25, -0.2) is 17.2 Å². The molecule has 0 bridgehead atoms. The molecule has 2 rings (SSSR count). The Balaban J connectivity index is 2.65. The number of benzene rings is 1. The highest BCUT2D eigenvalue weighted by Gasteiger charge is 2.58. The number of non-ortho nitro benzene ring substituents is 1. The highest BCUT2D eigenvalue weighted by atomic mass is 32.2. The Morgan fingerprint density at radius 1 is 1.32 bits per heavy atom. The first kappa shape index (κ1) is 25.5. The number of sulfone groups is 1. The summed E-state index contributed by atoms with van der Waals surface area (Å²) >= 11 is -1.92. The minimum atomic E-state index is -4.54. The fourth-order valence-corrected chi connectivity index (χ4v) is 6.55. The summed E-state index contributed by atoms with van der Waals surface area (Å²) in [6.07, 6.45) is 0.722. The third kappa shape index (κ3) is 5.00. The SMILES string of the molecule is CC(C)(C)[S+]([O-])N[C@@](C)(CS(=O)(=O)C(C#N)(CF)C1CC1)c1cc([N+](=O)[O-])ccc1F. The molecule has 1 fully saturated rings. The number of nitrogens with one attached hydrogen (secondary N) is 1. The second kappa shape index (κ2) is 8.61. The van der Waals surface area contributed by atoms with Crippen molar-refractivity contribution < 1.29 is 26.7 Å². The molecule has 12 heteroatoms. The van der Waals surface area contributed by atoms with Gasteiger partial charge in [0.15, 0.2) is 14.6 Å². The van der Waals surface area contributed by atoms with Crippen LogP contribution >= 0.6 is 0 Å². The average Bonchev–Trinajstić information content (AvgIpc) is 3.47. The zero-order valence-corrected chi connectivity index (χ0v) is 19.3. The van der Waals surface area contributed by atoms with Gasteiger partial charge in [-0.05, 0) is 52.5 Å². The Bertz CT molecular complexity index is 1000. The molecule has 172 valence electrons. The molecule has 3 atom stereocenters. The molecule has 8 nitrogen and oxygen atoms in total. The summed E-state index contributed by atoms with van der Waals surface area (Å²) in [5.41, 5.74) is -2.86. The number of alkyl halides is 1. The van der Waals surface area contributed by atoms with Crippen LogP contribution in [0.4, 0.5) is 14.5 Å². The third-order valence-electron chi connectivity index (χ3n) is 5.29. The van der Waals surface area contributed by atoms with Gasteiger partial charge in [0.1, 0.15) is 22.8 Å². The number of rotatable bonds is 9. The van der Waals surface area contributed by atoms with E-state index in [1.807, 2.05) is 0 Å². The second-order valence-corrected chi connectivity index (χ2v) is 13.1. The number of nitro benzene ring substituents is 1. The highest BCUT2D eigenvalue weighted by Crippen LogP contribution is 2.46. The normalized spacial score (nSPS) is 19.7. The van der Waals surface area contributed by atoms with Crippen LogP contribution in [0.1, 0.15) is 46.1 Å². The molecule has 1 N–H and O–H groups in total. The van der Waals surface area contributed by atoms with Gasteiger partial charge in [0.25, 0.3) is 5.69 Å². The van der Waals surface area contributed by atoms with Gasteiger partial charge >= 0.3 is 0 Å². The number of nitriles is 1. The van der Waals surface area contributed by atoms with Crippen molar-refractivity contribution in [2.24, 2.45) is 5.92 Å². The number of halogens is 2. The van der Waals surface area contributed by atoms with Crippen LogP contribution in [0, 0.1) is 33.2 Å². The molecule has 2 unspecified atom stereocenters. The van der Waals surface area contributed by atoms with Crippen molar-refractivity contribution in [1.82, 2.24) is 4.72 Å². The summed E-state index contributed by atoms with van der Waals surface area (Å²) in [7, 11) is -4.54. The number of nitro groups is 1. The first-order valence-corrected chi connectivity index (χ1v) is 12.3. The van der Waals surface area contributed by atoms with Crippen molar-refractivity contribution in [3.63, 3.8) is 0 Å². The van der Waals surface area contributed by atoms with E-state index >= 15 is 0 Å². The van der Waals surface area contributed by atoms with E-state index in [1.165, 1.54) is 6.92 Å². The first-order chi connectivity index (χ1) is 14.1. The van der Waals surface area contributed by atoms with Gasteiger partial charge in [0, 0.05) is 29.1 Å². The Labute approximate surface area is 183 Å². The largest absolute Gasteiger partial charge is 0.598 e. The summed E-state index contributed by atoms with van der Waals surface area (Å²) in [4.78, 5) is 10.4. The molecular formula is C19H25F2N3O5S2. The van der Waals surface area contributed by atoms with E-state index in [1.54, 1.807) is 26.8 Å². The molecule has 0 aromatic heterocycles. The lowest BCUT2D eigenvalue weighted by molar-refractivity contribution is -0.385. The predicted molar refractivity (Wildman–Crippen MR) is 112 cm³/mol. The van der Waals surface area contributed by atoms with Crippen LogP contribution in [0.15, 0.2) is 18.2 Å². The van der Waals surface area contributed by atoms with Crippen molar-refractivity contribution in [2.45, 2.75) is 55.6 Å². The molecule has 31 heavy (non-hydrogen) atoms. The van der Waals surface area contributed by atoms with Gasteiger partial charge in [-0.15, -0.1) is 4.72 Å². The van der Waals surface area contributed by atoms with Crippen molar-refractivity contribution in [3.8, 4) is 6.07 Å². The standard InChI is InChI=1S/C19H25F2N3O5S2/c1-17(2,3)30(27)23-18(4,15-9-14(24(25)26)7-8-16(15)21)12-31(28,29)19(10-20,11-22)13-5-6-13/h7-9,13,23H,5-6,10,12H2,1-4H3/t18-,19?,30?/m0/s1. The van der Waals surface area contributed by atoms with Crippen LogP contribution in [-0.2, 0) is 26.7 Å². The maximum absolute atomic E-state index is 14.8. The Morgan fingerprint density at radius 2 is 1.90 bits per heavy atom. The van der Waals surface area contributed by atoms with Crippen LogP contribution < -0.4 is 4.72 Å². The van der Waals surface area contributed by atoms with Gasteiger partial charge in [-0.1, -0.05) is 0 Å². The van der Waals surface area contributed by atoms with Crippen LogP contribution in [0.2, 0.25) is 0 Å². The van der Waals surface area contributed by atoms with E-state index in [-0.39, 0.29) is 0 Å². The molecule has 1 aromatic rings. The van der Waals surface area contributed by atoms with Gasteiger partial charge in [-0.3, -0.25) is 10.1 Å². The van der Waals surface area contributed by atoms with Crippen LogP contribution in [0.5, 0.6) is 0 Å². The van der Waals surface area contributed by atoms with Crippen molar-refractivity contribution >= 4 is 26.9 Å². The first-order valence-electron chi connectivity index (χ1n) is 9.47. The van der Waals surface area contributed by atoms with Crippen molar-refractivity contribution in [3.05, 3.63) is 39.7 Å². The van der Waals surface area contributed by atoms with Crippen molar-refractivity contribution in [1.29, 1.82) is 5.26 Å². The van der Waals surface area contributed by atoms with Gasteiger partial charge in [0.2, 0.25) is 0 Å². The molecular weight excluding hydrogens is 452 g/mol. The maximum Gasteiger partial charge on any atom is 0.269 e. The van der Waals surface area contributed by atoms with Crippen LogP contribution in [-0.4, -0.2) is 39.8 Å². The summed E-state index contributed by atoms with van der Waals surface area (Å²) in [5.74, 6) is -2.63. The molecule has 0 heterocycles. The van der Waals surface area contributed by atoms with Crippen molar-refractivity contribution in [2.75, 3.05) is 12.4 Å². The highest BCUT2D eigenvalue weighted by molar-refractivity contribution is 7.93. The molecule has 0 amide bonds. The summed E-state index contributed by atoms with van der Waals surface area (Å²) in [6.45, 7) is 4.58. The van der Waals surface area contributed by atoms with E-state index in [2.05, 4.69) is 4.72 Å². The molecule has 1 aliphatic rings. The van der Waals surface area contributed by atoms with E-state index in [0.717, 1.165) is 18.2 Å². The number of hydrogen-bond acceptors (Lipinski definition) is 7. The fourth-order valence-electron chi connectivity index (χ4n) is 3.26. The zero-order chi connectivity index (χ0) is 23.8. The summed E-state index contributed by atoms with van der Waals surface area (Å²) in [5, 5.41) is 20.8. The minimum absolute atomic E-state index is 0.361. The lowest BCUT2D eigenvalue weighted by Crippen LogP contribution is -2.56. The Hall–Kier alpha value is -1.81. The monoisotopic (exact) mass is 477 g/mol. The van der Waals surface area contributed by atoms with Crippen LogP contribution in [0.25, 0.3) is 0 Å². The molecule has 1 aromatic carbocycles. The smallest absolute Gasteiger partial charge is 0.269 e. The summed E-state index contributed by atoms with van der Waals surface area (Å²) < 4.78 is 67.5. The number of hydrogen-bond donors (Lipinski definition) is 1. The lowest BCUT2D eigenvalue weighted by Gasteiger charge is -2.36. The van der Waals surface area contributed by atoms with Gasteiger partial charge in [-0.2, -0.15) is 5.26 Å². The average molecular weight is 478 g/mol. The minimum Gasteiger partial charge on any atom is -0.598 e. The Kier molecular flexibility index (Phi) is 7.07. The molecule has 1 saturated carbocycles. The molecule has 0 saturated heterocycles. The molecule has 1 aliphatic carbocycles. The third-order valence-corrected chi connectivity index (χ3v) is 9.64. The quantitative estimate of drug-likeness (QED) is 0.328. The van der Waals surface area contributed by atoms with E-state index < -0.39 is 76.6 Å². The molecule has 0 spiro atoms. The Morgan fingerprint density at radius 3 is 2.32 bits per heavy atom. The van der Waals surface area contributed by atoms with E-state index in [4.69, 9.17) is 0 Å². The topological polar surface area (TPSA) is 136 Å². The van der Waals surface area contributed by atoms with Gasteiger partial charge in [0.05, 0.1) is 16.7 Å². The van der Waals surface area contributed by atoms with Gasteiger partial charge < -0.3 is 4.55 Å². The lowest BCUT2D eigenvalue weighted by atomic mass is 9.94. The number of nitrogens with zero attached hydrogens (tertiary/aromatic N) is 2. The predicted octanol–water partition coefficient (Wildman–Crippen LogP) is 3.06.